The molecule has 5 nitrogen and oxygen atoms in total. The van der Waals surface area contributed by atoms with Gasteiger partial charge in [0.2, 0.25) is 0 Å². The van der Waals surface area contributed by atoms with Gasteiger partial charge in [-0.2, -0.15) is 0 Å². The van der Waals surface area contributed by atoms with E-state index in [9.17, 15) is 13.2 Å². The summed E-state index contributed by atoms with van der Waals surface area (Å²) < 4.78 is 26.6. The van der Waals surface area contributed by atoms with Gasteiger partial charge in [0.1, 0.15) is 0 Å². The van der Waals surface area contributed by atoms with Crippen molar-refractivity contribution in [1.29, 1.82) is 0 Å². The Morgan fingerprint density at radius 2 is 1.79 bits per heavy atom. The first kappa shape index (κ1) is 18.3. The molecule has 0 unspecified atom stereocenters. The zero-order chi connectivity index (χ0) is 17.9. The minimum Gasteiger partial charge on any atom is -0.352 e. The number of anilines is 1. The summed E-state index contributed by atoms with van der Waals surface area (Å²) in [5, 5.41) is 2.92. The Morgan fingerprint density at radius 1 is 1.17 bits per heavy atom. The number of hydrogen-bond donors (Lipinski definition) is 1. The predicted molar refractivity (Wildman–Crippen MR) is 96.2 cm³/mol. The van der Waals surface area contributed by atoms with Crippen LogP contribution in [-0.4, -0.2) is 27.9 Å². The molecule has 2 rings (SSSR count). The zero-order valence-corrected chi connectivity index (χ0v) is 15.3. The number of sulfonamides is 1. The molecule has 2 aromatic rings. The van der Waals surface area contributed by atoms with Crippen LogP contribution in [0.25, 0.3) is 0 Å². The van der Waals surface area contributed by atoms with Crippen LogP contribution >= 0.6 is 11.6 Å². The van der Waals surface area contributed by atoms with Gasteiger partial charge in [0, 0.05) is 13.6 Å². The lowest BCUT2D eigenvalue weighted by atomic mass is 10.2. The second-order valence-corrected chi connectivity index (χ2v) is 7.69. The fraction of sp³-hybridized carbons (Fsp3) is 0.235. The summed E-state index contributed by atoms with van der Waals surface area (Å²) in [7, 11) is -2.27. The van der Waals surface area contributed by atoms with Crippen molar-refractivity contribution >= 4 is 33.2 Å². The molecule has 0 heterocycles. The number of nitrogens with one attached hydrogen (secondary N) is 1. The molecular formula is C17H19ClN2O3S. The fourth-order valence-electron chi connectivity index (χ4n) is 2.15. The van der Waals surface area contributed by atoms with E-state index in [0.29, 0.717) is 12.2 Å². The highest BCUT2D eigenvalue weighted by Gasteiger charge is 2.22. The molecule has 0 saturated carbocycles. The van der Waals surface area contributed by atoms with Gasteiger partial charge in [0.15, 0.2) is 0 Å². The molecule has 24 heavy (non-hydrogen) atoms. The lowest BCUT2D eigenvalue weighted by Crippen LogP contribution is -2.27. The molecule has 0 bridgehead atoms. The van der Waals surface area contributed by atoms with Gasteiger partial charge in [-0.15, -0.1) is 0 Å². The average Bonchev–Trinajstić information content (AvgIpc) is 2.55. The van der Waals surface area contributed by atoms with Crippen LogP contribution in [0.15, 0.2) is 47.4 Å². The normalized spacial score (nSPS) is 11.2. The summed E-state index contributed by atoms with van der Waals surface area (Å²) in [5.41, 5.74) is 1.57. The molecule has 0 atom stereocenters. The van der Waals surface area contributed by atoms with E-state index >= 15 is 0 Å². The summed E-state index contributed by atoms with van der Waals surface area (Å²) in [6.07, 6.45) is 0. The first-order valence-corrected chi connectivity index (χ1v) is 9.22. The van der Waals surface area contributed by atoms with Crippen LogP contribution in [0.3, 0.4) is 0 Å². The smallest absolute Gasteiger partial charge is 0.264 e. The topological polar surface area (TPSA) is 66.5 Å². The van der Waals surface area contributed by atoms with Crippen LogP contribution in [0.4, 0.5) is 5.69 Å². The van der Waals surface area contributed by atoms with Crippen LogP contribution in [0.1, 0.15) is 22.8 Å². The van der Waals surface area contributed by atoms with Crippen molar-refractivity contribution in [2.75, 3.05) is 17.9 Å². The number of nitrogens with zero attached hydrogens (tertiary/aromatic N) is 1. The Hall–Kier alpha value is -2.05. The summed E-state index contributed by atoms with van der Waals surface area (Å²) >= 11 is 6.05. The number of amides is 1. The number of benzene rings is 2. The quantitative estimate of drug-likeness (QED) is 0.883. The maximum atomic E-state index is 12.7. The Balaban J connectivity index is 2.42. The second-order valence-electron chi connectivity index (χ2n) is 5.31. The number of carbonyl (C=O) groups is 1. The molecule has 0 fully saturated rings. The van der Waals surface area contributed by atoms with E-state index in [1.807, 2.05) is 6.92 Å². The first-order chi connectivity index (χ1) is 11.3. The number of aryl methyl sites for hydroxylation is 1. The summed E-state index contributed by atoms with van der Waals surface area (Å²) in [6.45, 7) is 4.14. The van der Waals surface area contributed by atoms with Crippen LogP contribution in [0.2, 0.25) is 5.02 Å². The molecule has 0 aliphatic rings. The van der Waals surface area contributed by atoms with Gasteiger partial charge in [0.05, 0.1) is 21.2 Å². The Morgan fingerprint density at radius 3 is 2.38 bits per heavy atom. The van der Waals surface area contributed by atoms with Gasteiger partial charge in [-0.1, -0.05) is 29.3 Å². The monoisotopic (exact) mass is 366 g/mol. The Kier molecular flexibility index (Phi) is 5.51. The van der Waals surface area contributed by atoms with Gasteiger partial charge in [0.25, 0.3) is 15.9 Å². The third-order valence-electron chi connectivity index (χ3n) is 3.57. The molecule has 128 valence electrons. The molecule has 7 heteroatoms. The van der Waals surface area contributed by atoms with Crippen LogP contribution < -0.4 is 9.62 Å². The van der Waals surface area contributed by atoms with Crippen molar-refractivity contribution in [1.82, 2.24) is 5.32 Å². The van der Waals surface area contributed by atoms with Crippen molar-refractivity contribution in [3.8, 4) is 0 Å². The number of carbonyl (C=O) groups excluding carboxylic acids is 1. The third-order valence-corrected chi connectivity index (χ3v) is 5.70. The van der Waals surface area contributed by atoms with Gasteiger partial charge in [-0.05, 0) is 44.2 Å². The van der Waals surface area contributed by atoms with Crippen molar-refractivity contribution < 1.29 is 13.2 Å². The van der Waals surface area contributed by atoms with Gasteiger partial charge in [-0.25, -0.2) is 8.42 Å². The van der Waals surface area contributed by atoms with Gasteiger partial charge in [-0.3, -0.25) is 9.10 Å². The lowest BCUT2D eigenvalue weighted by Gasteiger charge is -2.20. The standard InChI is InChI=1S/C17H19ClN2O3S/c1-4-19-17(21)15-11-13(7-10-16(15)18)20(3)24(22,23)14-8-5-12(2)6-9-14/h5-11H,4H2,1-3H3,(H,19,21). The predicted octanol–water partition coefficient (Wildman–Crippen LogP) is 3.22. The van der Waals surface area contributed by atoms with Crippen LogP contribution in [0, 0.1) is 6.92 Å². The van der Waals surface area contributed by atoms with E-state index in [4.69, 9.17) is 11.6 Å². The highest BCUT2D eigenvalue weighted by atomic mass is 35.5. The summed E-state index contributed by atoms with van der Waals surface area (Å²) in [4.78, 5) is 12.2. The molecule has 0 aliphatic carbocycles. The van der Waals surface area contributed by atoms with Gasteiger partial charge < -0.3 is 5.32 Å². The van der Waals surface area contributed by atoms with Crippen LogP contribution in [-0.2, 0) is 10.0 Å². The van der Waals surface area contributed by atoms with E-state index < -0.39 is 10.0 Å². The van der Waals surface area contributed by atoms with Gasteiger partial charge >= 0.3 is 0 Å². The fourth-order valence-corrected chi connectivity index (χ4v) is 3.54. The Labute approximate surface area is 147 Å². The maximum Gasteiger partial charge on any atom is 0.264 e. The molecule has 1 N–H and O–H groups in total. The van der Waals surface area contributed by atoms with Crippen molar-refractivity contribution in [3.63, 3.8) is 0 Å². The zero-order valence-electron chi connectivity index (χ0n) is 13.7. The van der Waals surface area contributed by atoms with Crippen molar-refractivity contribution in [2.24, 2.45) is 0 Å². The molecule has 0 radical (unpaired) electrons. The molecular weight excluding hydrogens is 348 g/mol. The molecule has 0 saturated heterocycles. The molecule has 1 amide bonds. The largest absolute Gasteiger partial charge is 0.352 e. The minimum atomic E-state index is -3.72. The number of hydrogen-bond acceptors (Lipinski definition) is 3. The van der Waals surface area contributed by atoms with E-state index in [-0.39, 0.29) is 21.4 Å². The summed E-state index contributed by atoms with van der Waals surface area (Å²) in [5.74, 6) is -0.342. The number of rotatable bonds is 5. The SMILES string of the molecule is CCNC(=O)c1cc(N(C)S(=O)(=O)c2ccc(C)cc2)ccc1Cl. The highest BCUT2D eigenvalue weighted by molar-refractivity contribution is 7.92. The molecule has 0 spiro atoms. The molecule has 2 aromatic carbocycles. The Bertz CT molecular complexity index is 849. The van der Waals surface area contributed by atoms with E-state index in [1.54, 1.807) is 37.3 Å². The second kappa shape index (κ2) is 7.23. The lowest BCUT2D eigenvalue weighted by molar-refractivity contribution is 0.0956. The minimum absolute atomic E-state index is 0.185. The average molecular weight is 367 g/mol. The van der Waals surface area contributed by atoms with Crippen molar-refractivity contribution in [2.45, 2.75) is 18.7 Å². The van der Waals surface area contributed by atoms with Crippen LogP contribution in [0.5, 0.6) is 0 Å². The summed E-state index contributed by atoms with van der Waals surface area (Å²) in [6, 6.07) is 11.1. The molecule has 0 aromatic heterocycles. The van der Waals surface area contributed by atoms with E-state index in [1.165, 1.54) is 19.2 Å². The first-order valence-electron chi connectivity index (χ1n) is 7.40. The third kappa shape index (κ3) is 3.71. The molecule has 0 aliphatic heterocycles. The van der Waals surface area contributed by atoms with E-state index in [0.717, 1.165) is 9.87 Å². The van der Waals surface area contributed by atoms with Crippen molar-refractivity contribution in [3.05, 3.63) is 58.6 Å². The number of halogens is 1. The van der Waals surface area contributed by atoms with E-state index in [2.05, 4.69) is 5.32 Å². The highest BCUT2D eigenvalue weighted by Crippen LogP contribution is 2.27. The maximum absolute atomic E-state index is 12.7.